The van der Waals surface area contributed by atoms with Crippen molar-refractivity contribution in [1.29, 1.82) is 0 Å². The van der Waals surface area contributed by atoms with Crippen LogP contribution in [0.2, 0.25) is 0 Å². The Kier molecular flexibility index (Phi) is 3.17. The van der Waals surface area contributed by atoms with Gasteiger partial charge < -0.3 is 9.63 Å². The SMILES string of the molecule is CCC1(O)CN(CC(=O)Nc2cc(C)no2)C1. The summed E-state index contributed by atoms with van der Waals surface area (Å²) in [7, 11) is 0. The van der Waals surface area contributed by atoms with Gasteiger partial charge in [-0.05, 0) is 13.3 Å². The van der Waals surface area contributed by atoms with E-state index in [4.69, 9.17) is 4.52 Å². The summed E-state index contributed by atoms with van der Waals surface area (Å²) >= 11 is 0. The van der Waals surface area contributed by atoms with Gasteiger partial charge in [0.15, 0.2) is 0 Å². The molecule has 6 nitrogen and oxygen atoms in total. The first-order valence-electron chi connectivity index (χ1n) is 5.69. The third kappa shape index (κ3) is 2.83. The lowest BCUT2D eigenvalue weighted by Crippen LogP contribution is -2.62. The summed E-state index contributed by atoms with van der Waals surface area (Å²) in [6, 6.07) is 1.66. The van der Waals surface area contributed by atoms with E-state index in [0.717, 1.165) is 5.69 Å². The van der Waals surface area contributed by atoms with E-state index in [1.807, 2.05) is 11.8 Å². The van der Waals surface area contributed by atoms with E-state index in [0.29, 0.717) is 25.4 Å². The third-order valence-electron chi connectivity index (χ3n) is 2.95. The molecule has 1 aliphatic rings. The summed E-state index contributed by atoms with van der Waals surface area (Å²) in [5.41, 5.74) is 0.118. The Labute approximate surface area is 99.6 Å². The normalized spacial score (nSPS) is 18.8. The van der Waals surface area contributed by atoms with Crippen molar-refractivity contribution < 1.29 is 14.4 Å². The van der Waals surface area contributed by atoms with Crippen LogP contribution >= 0.6 is 0 Å². The number of anilines is 1. The number of carbonyl (C=O) groups is 1. The highest BCUT2D eigenvalue weighted by molar-refractivity contribution is 5.91. The number of aromatic nitrogens is 1. The second-order valence-electron chi connectivity index (χ2n) is 4.60. The van der Waals surface area contributed by atoms with Crippen LogP contribution in [0.3, 0.4) is 0 Å². The van der Waals surface area contributed by atoms with Crippen LogP contribution in [0.15, 0.2) is 10.6 Å². The molecular formula is C11H17N3O3. The molecule has 1 aromatic rings. The van der Waals surface area contributed by atoms with Gasteiger partial charge >= 0.3 is 0 Å². The molecule has 1 amide bonds. The van der Waals surface area contributed by atoms with Gasteiger partial charge in [0.25, 0.3) is 0 Å². The van der Waals surface area contributed by atoms with Gasteiger partial charge in [0.2, 0.25) is 11.8 Å². The first-order chi connectivity index (χ1) is 8.00. The quantitative estimate of drug-likeness (QED) is 0.794. The Morgan fingerprint density at radius 3 is 2.94 bits per heavy atom. The van der Waals surface area contributed by atoms with Crippen molar-refractivity contribution >= 4 is 11.8 Å². The molecule has 0 radical (unpaired) electrons. The van der Waals surface area contributed by atoms with Gasteiger partial charge in [-0.2, -0.15) is 0 Å². The van der Waals surface area contributed by atoms with Crippen molar-refractivity contribution in [1.82, 2.24) is 10.1 Å². The molecule has 6 heteroatoms. The maximum atomic E-state index is 11.6. The van der Waals surface area contributed by atoms with Crippen LogP contribution in [0, 0.1) is 6.92 Å². The largest absolute Gasteiger partial charge is 0.387 e. The number of hydrogen-bond acceptors (Lipinski definition) is 5. The van der Waals surface area contributed by atoms with Gasteiger partial charge in [-0.1, -0.05) is 12.1 Å². The van der Waals surface area contributed by atoms with E-state index in [1.54, 1.807) is 13.0 Å². The zero-order valence-electron chi connectivity index (χ0n) is 10.1. The molecule has 2 N–H and O–H groups in total. The van der Waals surface area contributed by atoms with Crippen molar-refractivity contribution in [2.45, 2.75) is 25.9 Å². The fraction of sp³-hybridized carbons (Fsp3) is 0.636. The fourth-order valence-electron chi connectivity index (χ4n) is 1.92. The number of aryl methyl sites for hydroxylation is 1. The zero-order valence-corrected chi connectivity index (χ0v) is 10.1. The minimum absolute atomic E-state index is 0.153. The maximum Gasteiger partial charge on any atom is 0.240 e. The summed E-state index contributed by atoms with van der Waals surface area (Å²) in [5, 5.41) is 16.1. The molecule has 0 unspecified atom stereocenters. The van der Waals surface area contributed by atoms with Crippen LogP contribution in [-0.2, 0) is 4.79 Å². The van der Waals surface area contributed by atoms with E-state index >= 15 is 0 Å². The van der Waals surface area contributed by atoms with Crippen molar-refractivity contribution in [3.63, 3.8) is 0 Å². The van der Waals surface area contributed by atoms with Crippen LogP contribution in [0.4, 0.5) is 5.88 Å². The standard InChI is InChI=1S/C11H17N3O3/c1-3-11(16)6-14(7-11)5-9(15)12-10-4-8(2)13-17-10/h4,16H,3,5-7H2,1-2H3,(H,12,15). The summed E-state index contributed by atoms with van der Waals surface area (Å²) in [4.78, 5) is 13.5. The molecule has 2 heterocycles. The Morgan fingerprint density at radius 2 is 2.41 bits per heavy atom. The predicted octanol–water partition coefficient (Wildman–Crippen LogP) is 0.378. The average Bonchev–Trinajstić information content (AvgIpc) is 2.61. The molecule has 1 fully saturated rings. The highest BCUT2D eigenvalue weighted by Crippen LogP contribution is 2.23. The van der Waals surface area contributed by atoms with Crippen molar-refractivity contribution in [3.8, 4) is 0 Å². The Morgan fingerprint density at radius 1 is 1.71 bits per heavy atom. The molecule has 0 atom stereocenters. The molecule has 1 aliphatic heterocycles. The number of hydrogen-bond donors (Lipinski definition) is 2. The van der Waals surface area contributed by atoms with E-state index in [1.165, 1.54) is 0 Å². The molecule has 1 aromatic heterocycles. The van der Waals surface area contributed by atoms with Gasteiger partial charge in [0.1, 0.15) is 0 Å². The minimum atomic E-state index is -0.608. The second-order valence-corrected chi connectivity index (χ2v) is 4.60. The smallest absolute Gasteiger partial charge is 0.240 e. The van der Waals surface area contributed by atoms with Gasteiger partial charge in [-0.15, -0.1) is 0 Å². The van der Waals surface area contributed by atoms with E-state index in [9.17, 15) is 9.90 Å². The topological polar surface area (TPSA) is 78.6 Å². The van der Waals surface area contributed by atoms with Crippen LogP contribution < -0.4 is 5.32 Å². The lowest BCUT2D eigenvalue weighted by atomic mass is 9.91. The molecular weight excluding hydrogens is 222 g/mol. The number of aliphatic hydroxyl groups is 1. The van der Waals surface area contributed by atoms with Crippen molar-refractivity contribution in [2.24, 2.45) is 0 Å². The first kappa shape index (κ1) is 12.1. The minimum Gasteiger partial charge on any atom is -0.387 e. The van der Waals surface area contributed by atoms with Crippen molar-refractivity contribution in [3.05, 3.63) is 11.8 Å². The monoisotopic (exact) mass is 239 g/mol. The van der Waals surface area contributed by atoms with Crippen LogP contribution in [-0.4, -0.2) is 46.3 Å². The summed E-state index contributed by atoms with van der Waals surface area (Å²) in [6.07, 6.45) is 0.715. The number of amides is 1. The van der Waals surface area contributed by atoms with Gasteiger partial charge in [0, 0.05) is 19.2 Å². The summed E-state index contributed by atoms with van der Waals surface area (Å²) < 4.78 is 4.88. The van der Waals surface area contributed by atoms with E-state index in [2.05, 4.69) is 10.5 Å². The lowest BCUT2D eigenvalue weighted by molar-refractivity contribution is -0.128. The van der Waals surface area contributed by atoms with E-state index in [-0.39, 0.29) is 12.5 Å². The summed E-state index contributed by atoms with van der Waals surface area (Å²) in [5.74, 6) is 0.207. The van der Waals surface area contributed by atoms with Gasteiger partial charge in [0.05, 0.1) is 17.8 Å². The molecule has 2 rings (SSSR count). The zero-order chi connectivity index (χ0) is 12.5. The van der Waals surface area contributed by atoms with Crippen LogP contribution in [0.1, 0.15) is 19.0 Å². The number of likely N-dealkylation sites (tertiary alicyclic amines) is 1. The molecule has 1 saturated heterocycles. The number of β-amino-alcohol motifs (C(OH)–C–C–N with tert-alkyl or cyclic N) is 1. The van der Waals surface area contributed by atoms with Gasteiger partial charge in [-0.3, -0.25) is 15.0 Å². The maximum absolute atomic E-state index is 11.6. The number of nitrogens with zero attached hydrogens (tertiary/aromatic N) is 2. The molecule has 0 saturated carbocycles. The second kappa shape index (κ2) is 4.46. The highest BCUT2D eigenvalue weighted by atomic mass is 16.5. The molecule has 0 aliphatic carbocycles. The molecule has 0 spiro atoms. The van der Waals surface area contributed by atoms with Crippen LogP contribution in [0.5, 0.6) is 0 Å². The average molecular weight is 239 g/mol. The fourth-order valence-corrected chi connectivity index (χ4v) is 1.92. The Hall–Kier alpha value is -1.40. The molecule has 0 aromatic carbocycles. The van der Waals surface area contributed by atoms with Gasteiger partial charge in [-0.25, -0.2) is 0 Å². The third-order valence-corrected chi connectivity index (χ3v) is 2.95. The summed E-state index contributed by atoms with van der Waals surface area (Å²) in [6.45, 7) is 5.09. The molecule has 94 valence electrons. The van der Waals surface area contributed by atoms with E-state index < -0.39 is 5.60 Å². The number of rotatable bonds is 4. The first-order valence-corrected chi connectivity index (χ1v) is 5.69. The molecule has 0 bridgehead atoms. The van der Waals surface area contributed by atoms with Crippen molar-refractivity contribution in [2.75, 3.05) is 25.0 Å². The number of carbonyl (C=O) groups excluding carboxylic acids is 1. The predicted molar refractivity (Wildman–Crippen MR) is 61.6 cm³/mol. The lowest BCUT2D eigenvalue weighted by Gasteiger charge is -2.45. The van der Waals surface area contributed by atoms with Crippen LogP contribution in [0.25, 0.3) is 0 Å². The Balaban J connectivity index is 1.76. The molecule has 17 heavy (non-hydrogen) atoms. The number of nitrogens with one attached hydrogen (secondary N) is 1. The highest BCUT2D eigenvalue weighted by Gasteiger charge is 2.39. The Bertz CT molecular complexity index is 410.